The van der Waals surface area contributed by atoms with Gasteiger partial charge in [0.25, 0.3) is 0 Å². The number of nitrogens with zero attached hydrogens (tertiary/aromatic N) is 2. The molecule has 0 spiro atoms. The molecule has 1 saturated heterocycles. The second kappa shape index (κ2) is 5.19. The minimum absolute atomic E-state index is 0.0963. The van der Waals surface area contributed by atoms with Crippen LogP contribution in [-0.2, 0) is 22.1 Å². The molecule has 114 valence electrons. The van der Waals surface area contributed by atoms with Gasteiger partial charge in [-0.15, -0.1) is 0 Å². The van der Waals surface area contributed by atoms with Gasteiger partial charge < -0.3 is 14.7 Å². The number of halogens is 3. The summed E-state index contributed by atoms with van der Waals surface area (Å²) in [6.07, 6.45) is -4.43. The Morgan fingerprint density at radius 1 is 1.33 bits per heavy atom. The van der Waals surface area contributed by atoms with Crippen LogP contribution in [-0.4, -0.2) is 40.8 Å². The van der Waals surface area contributed by atoms with Crippen LogP contribution in [0.2, 0.25) is 0 Å². The zero-order valence-corrected chi connectivity index (χ0v) is 10.9. The minimum Gasteiger partial charge on any atom is -0.427 e. The second-order valence-electron chi connectivity index (χ2n) is 4.81. The van der Waals surface area contributed by atoms with E-state index in [1.807, 2.05) is 0 Å². The number of imidazole rings is 1. The number of hydrogen-bond acceptors (Lipinski definition) is 4. The lowest BCUT2D eigenvalue weighted by Crippen LogP contribution is -2.31. The van der Waals surface area contributed by atoms with Crippen molar-refractivity contribution in [3.05, 3.63) is 29.6 Å². The highest BCUT2D eigenvalue weighted by Gasteiger charge is 2.31. The first-order valence-corrected chi connectivity index (χ1v) is 6.42. The molecule has 0 saturated carbocycles. The first-order valence-electron chi connectivity index (χ1n) is 6.42. The third-order valence-corrected chi connectivity index (χ3v) is 3.32. The Hall–Kier alpha value is -1.80. The summed E-state index contributed by atoms with van der Waals surface area (Å²) in [4.78, 5) is 4.06. The van der Waals surface area contributed by atoms with E-state index in [1.165, 1.54) is 6.07 Å². The van der Waals surface area contributed by atoms with Crippen molar-refractivity contribution >= 4 is 11.0 Å². The topological polar surface area (TPSA) is 56.5 Å². The Bertz CT molecular complexity index is 648. The second-order valence-corrected chi connectivity index (χ2v) is 4.81. The van der Waals surface area contributed by atoms with Gasteiger partial charge in [-0.05, 0) is 18.2 Å². The quantitative estimate of drug-likeness (QED) is 0.865. The van der Waals surface area contributed by atoms with Gasteiger partial charge in [-0.3, -0.25) is 0 Å². The summed E-state index contributed by atoms with van der Waals surface area (Å²) in [5, 5.41) is 9.99. The van der Waals surface area contributed by atoms with Crippen LogP contribution in [0.4, 0.5) is 13.2 Å². The lowest BCUT2D eigenvalue weighted by molar-refractivity contribution is -0.137. The molecule has 1 atom stereocenters. The summed E-state index contributed by atoms with van der Waals surface area (Å²) in [5.74, 6) is 0.250. The average molecular weight is 302 g/mol. The number of rotatable bonds is 2. The van der Waals surface area contributed by atoms with Crippen molar-refractivity contribution in [1.82, 2.24) is 9.71 Å². The smallest absolute Gasteiger partial charge is 0.416 e. The van der Waals surface area contributed by atoms with E-state index >= 15 is 0 Å². The van der Waals surface area contributed by atoms with E-state index in [4.69, 9.17) is 9.47 Å². The summed E-state index contributed by atoms with van der Waals surface area (Å²) in [6, 6.07) is 3.04. The Morgan fingerprint density at radius 2 is 2.14 bits per heavy atom. The van der Waals surface area contributed by atoms with Gasteiger partial charge in [0.15, 0.2) is 0 Å². The molecule has 2 heterocycles. The van der Waals surface area contributed by atoms with E-state index < -0.39 is 11.7 Å². The predicted molar refractivity (Wildman–Crippen MR) is 66.2 cm³/mol. The van der Waals surface area contributed by atoms with Crippen molar-refractivity contribution in [3.8, 4) is 0 Å². The number of hydrogen-bond donors (Lipinski definition) is 1. The van der Waals surface area contributed by atoms with Gasteiger partial charge in [-0.2, -0.15) is 17.9 Å². The first-order chi connectivity index (χ1) is 9.95. The highest BCUT2D eigenvalue weighted by atomic mass is 19.4. The molecular weight excluding hydrogens is 289 g/mol. The van der Waals surface area contributed by atoms with Crippen LogP contribution in [0, 0.1) is 0 Å². The van der Waals surface area contributed by atoms with Crippen LogP contribution in [0.25, 0.3) is 11.0 Å². The molecule has 3 rings (SSSR count). The molecular formula is C13H13F3N2O3. The molecule has 0 unspecified atom stereocenters. The van der Waals surface area contributed by atoms with Crippen molar-refractivity contribution in [1.29, 1.82) is 0 Å². The maximum atomic E-state index is 12.7. The monoisotopic (exact) mass is 302 g/mol. The maximum Gasteiger partial charge on any atom is 0.416 e. The first kappa shape index (κ1) is 14.2. The average Bonchev–Trinajstić information content (AvgIpc) is 2.75. The number of fused-ring (bicyclic) bond motifs is 1. The fourth-order valence-electron chi connectivity index (χ4n) is 2.28. The molecule has 1 aromatic heterocycles. The third-order valence-electron chi connectivity index (χ3n) is 3.32. The SMILES string of the molecule is On1c(C[C@H]2COCCO2)nc2cc(C(F)(F)F)ccc21. The lowest BCUT2D eigenvalue weighted by atomic mass is 10.2. The summed E-state index contributed by atoms with van der Waals surface area (Å²) in [6.45, 7) is 1.34. The molecule has 0 aliphatic carbocycles. The molecule has 1 fully saturated rings. The molecule has 8 heteroatoms. The highest BCUT2D eigenvalue weighted by Crippen LogP contribution is 2.31. The number of aromatic nitrogens is 2. The van der Waals surface area contributed by atoms with Crippen LogP contribution in [0.15, 0.2) is 18.2 Å². The fraction of sp³-hybridized carbons (Fsp3) is 0.462. The van der Waals surface area contributed by atoms with Gasteiger partial charge in [-0.1, -0.05) is 0 Å². The van der Waals surface area contributed by atoms with Crippen LogP contribution >= 0.6 is 0 Å². The van der Waals surface area contributed by atoms with Gasteiger partial charge in [0, 0.05) is 6.42 Å². The highest BCUT2D eigenvalue weighted by molar-refractivity contribution is 5.76. The maximum absolute atomic E-state index is 12.7. The van der Waals surface area contributed by atoms with Crippen molar-refractivity contribution in [2.75, 3.05) is 19.8 Å². The van der Waals surface area contributed by atoms with Gasteiger partial charge in [0.1, 0.15) is 11.3 Å². The zero-order valence-electron chi connectivity index (χ0n) is 10.9. The predicted octanol–water partition coefficient (Wildman–Crippen LogP) is 2.25. The Kier molecular flexibility index (Phi) is 3.50. The molecule has 1 aromatic carbocycles. The van der Waals surface area contributed by atoms with Gasteiger partial charge >= 0.3 is 6.18 Å². The molecule has 21 heavy (non-hydrogen) atoms. The van der Waals surface area contributed by atoms with E-state index in [-0.39, 0.29) is 29.4 Å². The van der Waals surface area contributed by atoms with E-state index in [0.717, 1.165) is 16.9 Å². The van der Waals surface area contributed by atoms with E-state index in [0.29, 0.717) is 19.8 Å². The van der Waals surface area contributed by atoms with Gasteiger partial charge in [0.05, 0.1) is 37.0 Å². The zero-order chi connectivity index (χ0) is 15.0. The summed E-state index contributed by atoms with van der Waals surface area (Å²) in [5.41, 5.74) is -0.467. The summed E-state index contributed by atoms with van der Waals surface area (Å²) < 4.78 is 49.5. The van der Waals surface area contributed by atoms with Gasteiger partial charge in [0.2, 0.25) is 0 Å². The van der Waals surface area contributed by atoms with Crippen LogP contribution < -0.4 is 0 Å². The number of alkyl halides is 3. The molecule has 0 radical (unpaired) electrons. The molecule has 0 bridgehead atoms. The Balaban J connectivity index is 1.91. The molecule has 1 N–H and O–H groups in total. The van der Waals surface area contributed by atoms with Crippen molar-refractivity contribution < 1.29 is 27.9 Å². The third kappa shape index (κ3) is 2.81. The molecule has 1 aliphatic rings. The normalized spacial score (nSPS) is 20.0. The minimum atomic E-state index is -4.44. The van der Waals surface area contributed by atoms with Crippen LogP contribution in [0.5, 0.6) is 0 Å². The number of benzene rings is 1. The van der Waals surface area contributed by atoms with Crippen LogP contribution in [0.1, 0.15) is 11.4 Å². The van der Waals surface area contributed by atoms with Crippen molar-refractivity contribution in [2.45, 2.75) is 18.7 Å². The van der Waals surface area contributed by atoms with E-state index in [9.17, 15) is 18.4 Å². The largest absolute Gasteiger partial charge is 0.427 e. The van der Waals surface area contributed by atoms with E-state index in [2.05, 4.69) is 4.98 Å². The summed E-state index contributed by atoms with van der Waals surface area (Å²) in [7, 11) is 0. The van der Waals surface area contributed by atoms with Gasteiger partial charge in [-0.25, -0.2) is 4.98 Å². The lowest BCUT2D eigenvalue weighted by Gasteiger charge is -2.22. The molecule has 1 aliphatic heterocycles. The van der Waals surface area contributed by atoms with Crippen molar-refractivity contribution in [3.63, 3.8) is 0 Å². The summed E-state index contributed by atoms with van der Waals surface area (Å²) >= 11 is 0. The standard InChI is InChI=1S/C13H13F3N2O3/c14-13(15,16)8-1-2-11-10(5-8)17-12(18(11)19)6-9-7-20-3-4-21-9/h1-2,5,9,19H,3-4,6-7H2/t9-/m0/s1. The Labute approximate surface area is 117 Å². The van der Waals surface area contributed by atoms with E-state index in [1.54, 1.807) is 0 Å². The number of ether oxygens (including phenoxy) is 2. The van der Waals surface area contributed by atoms with Crippen molar-refractivity contribution in [2.24, 2.45) is 0 Å². The fourth-order valence-corrected chi connectivity index (χ4v) is 2.28. The molecule has 5 nitrogen and oxygen atoms in total. The molecule has 0 amide bonds. The molecule has 2 aromatic rings. The Morgan fingerprint density at radius 3 is 2.81 bits per heavy atom. The van der Waals surface area contributed by atoms with Crippen LogP contribution in [0.3, 0.4) is 0 Å².